The molecule has 3 aromatic heterocycles. The molecule has 28 heavy (non-hydrogen) atoms. The van der Waals surface area contributed by atoms with E-state index < -0.39 is 7.60 Å². The van der Waals surface area contributed by atoms with E-state index in [1.807, 2.05) is 42.5 Å². The molecule has 0 spiro atoms. The first-order chi connectivity index (χ1) is 13.4. The van der Waals surface area contributed by atoms with Crippen LogP contribution >= 0.6 is 7.60 Å². The highest BCUT2D eigenvalue weighted by molar-refractivity contribution is 7.61. The van der Waals surface area contributed by atoms with Gasteiger partial charge in [-0.05, 0) is 66.8 Å². The van der Waals surface area contributed by atoms with Gasteiger partial charge in [-0.3, -0.25) is 4.57 Å². The van der Waals surface area contributed by atoms with Crippen LogP contribution in [0.5, 0.6) is 0 Å². The fourth-order valence-corrected chi connectivity index (χ4v) is 4.17. The molecule has 3 aromatic rings. The van der Waals surface area contributed by atoms with Crippen molar-refractivity contribution < 1.29 is 14.4 Å². The van der Waals surface area contributed by atoms with Crippen molar-refractivity contribution >= 4 is 59.3 Å². The Hall–Kier alpha value is -3.25. The number of aromatic nitrogens is 4. The van der Waals surface area contributed by atoms with Gasteiger partial charge in [0.05, 0.1) is 28.3 Å². The molecule has 8 heteroatoms. The Bertz CT molecular complexity index is 1380. The van der Waals surface area contributed by atoms with Gasteiger partial charge in [0.15, 0.2) is 0 Å². The highest BCUT2D eigenvalue weighted by Crippen LogP contribution is 2.36. The number of rotatable bonds is 1. The average molecular weight is 390 g/mol. The molecule has 2 aliphatic rings. The minimum absolute atomic E-state index is 0.129. The SMILES string of the molecule is O=P(O)(O)c1c2nc(cc3ccc(cc4nc(cc5ccc1[nH]5)C=C4)[nH]3)C=C2. The number of fused-ring (bicyclic) bond motifs is 8. The molecule has 0 aromatic carbocycles. The van der Waals surface area contributed by atoms with E-state index in [1.54, 1.807) is 24.3 Å². The van der Waals surface area contributed by atoms with Crippen molar-refractivity contribution in [3.63, 3.8) is 0 Å². The van der Waals surface area contributed by atoms with E-state index in [0.29, 0.717) is 16.7 Å². The average Bonchev–Trinajstić information content (AvgIpc) is 3.38. The third kappa shape index (κ3) is 3.12. The van der Waals surface area contributed by atoms with Gasteiger partial charge in [0, 0.05) is 16.6 Å². The molecule has 2 aliphatic heterocycles. The molecule has 0 atom stereocenters. The second kappa shape index (κ2) is 6.14. The molecule has 0 unspecified atom stereocenters. The number of nitrogens with one attached hydrogen (secondary N) is 2. The predicted molar refractivity (Wildman–Crippen MR) is 111 cm³/mol. The van der Waals surface area contributed by atoms with Crippen molar-refractivity contribution in [1.29, 1.82) is 0 Å². The first-order valence-corrected chi connectivity index (χ1v) is 10.2. The molecule has 0 aliphatic carbocycles. The minimum atomic E-state index is -4.57. The van der Waals surface area contributed by atoms with Crippen LogP contribution in [-0.2, 0) is 4.57 Å². The summed E-state index contributed by atoms with van der Waals surface area (Å²) in [7, 11) is -4.57. The molecule has 0 saturated carbocycles. The molecular formula is C20H15N4O3P. The summed E-state index contributed by atoms with van der Waals surface area (Å²) >= 11 is 0. The van der Waals surface area contributed by atoms with Crippen LogP contribution in [0.1, 0.15) is 22.8 Å². The monoisotopic (exact) mass is 390 g/mol. The van der Waals surface area contributed by atoms with Gasteiger partial charge in [-0.15, -0.1) is 0 Å². The maximum Gasteiger partial charge on any atom is 0.360 e. The summed E-state index contributed by atoms with van der Waals surface area (Å²) in [4.78, 5) is 35.1. The maximum absolute atomic E-state index is 12.2. The Morgan fingerprint density at radius 1 is 0.714 bits per heavy atom. The Labute approximate surface area is 159 Å². The van der Waals surface area contributed by atoms with Gasteiger partial charge in [-0.1, -0.05) is 0 Å². The lowest BCUT2D eigenvalue weighted by Crippen LogP contribution is -2.09. The van der Waals surface area contributed by atoms with Gasteiger partial charge in [-0.2, -0.15) is 0 Å². The summed E-state index contributed by atoms with van der Waals surface area (Å²) in [6.45, 7) is 0. The molecule has 5 heterocycles. The molecular weight excluding hydrogens is 375 g/mol. The van der Waals surface area contributed by atoms with Gasteiger partial charge < -0.3 is 19.8 Å². The summed E-state index contributed by atoms with van der Waals surface area (Å²) in [6, 6.07) is 12.8. The molecule has 0 fully saturated rings. The highest BCUT2D eigenvalue weighted by atomic mass is 31.2. The smallest absolute Gasteiger partial charge is 0.355 e. The lowest BCUT2D eigenvalue weighted by atomic mass is 10.3. The van der Waals surface area contributed by atoms with Crippen LogP contribution in [0.3, 0.4) is 0 Å². The topological polar surface area (TPSA) is 115 Å². The van der Waals surface area contributed by atoms with Crippen molar-refractivity contribution in [2.24, 2.45) is 0 Å². The lowest BCUT2D eigenvalue weighted by molar-refractivity contribution is 0.387. The zero-order valence-electron chi connectivity index (χ0n) is 14.5. The summed E-state index contributed by atoms with van der Waals surface area (Å²) in [5.41, 5.74) is 5.17. The zero-order chi connectivity index (χ0) is 19.3. The molecule has 138 valence electrons. The molecule has 4 N–H and O–H groups in total. The standard InChI is InChI=1S/C20H15N4O3P/c25-28(26,27)20-18-7-5-16(23-18)10-14-3-1-12(21-14)9-13-2-4-15(22-13)11-17-6-8-19(20)24-17/h1-11,21,24H,(H2,25,26,27). The van der Waals surface area contributed by atoms with Crippen LogP contribution in [0, 0.1) is 0 Å². The van der Waals surface area contributed by atoms with Crippen molar-refractivity contribution in [1.82, 2.24) is 19.9 Å². The quantitative estimate of drug-likeness (QED) is 0.327. The van der Waals surface area contributed by atoms with Crippen LogP contribution < -0.4 is 5.30 Å². The Morgan fingerprint density at radius 3 is 1.89 bits per heavy atom. The molecule has 0 saturated heterocycles. The van der Waals surface area contributed by atoms with E-state index in [-0.39, 0.29) is 11.0 Å². The first-order valence-electron chi connectivity index (χ1n) is 8.58. The van der Waals surface area contributed by atoms with Crippen LogP contribution in [0.4, 0.5) is 0 Å². The van der Waals surface area contributed by atoms with Crippen molar-refractivity contribution in [2.45, 2.75) is 0 Å². The van der Waals surface area contributed by atoms with Crippen LogP contribution in [0.15, 0.2) is 42.5 Å². The summed E-state index contributed by atoms with van der Waals surface area (Å²) < 4.78 is 12.2. The summed E-state index contributed by atoms with van der Waals surface area (Å²) in [5.74, 6) is 0. The van der Waals surface area contributed by atoms with E-state index in [4.69, 9.17) is 0 Å². The highest BCUT2D eigenvalue weighted by Gasteiger charge is 2.24. The second-order valence-corrected chi connectivity index (χ2v) is 8.11. The van der Waals surface area contributed by atoms with Gasteiger partial charge in [0.1, 0.15) is 5.30 Å². The Kier molecular flexibility index (Phi) is 3.70. The van der Waals surface area contributed by atoms with E-state index in [0.717, 1.165) is 22.4 Å². The lowest BCUT2D eigenvalue weighted by Gasteiger charge is -2.04. The van der Waals surface area contributed by atoms with Crippen molar-refractivity contribution in [2.75, 3.05) is 0 Å². The molecule has 0 amide bonds. The largest absolute Gasteiger partial charge is 0.360 e. The molecule has 8 bridgehead atoms. The second-order valence-electron chi connectivity index (χ2n) is 6.57. The van der Waals surface area contributed by atoms with Gasteiger partial charge >= 0.3 is 7.60 Å². The van der Waals surface area contributed by atoms with Crippen LogP contribution in [0.2, 0.25) is 0 Å². The first kappa shape index (κ1) is 16.9. The third-order valence-electron chi connectivity index (χ3n) is 4.48. The van der Waals surface area contributed by atoms with Crippen LogP contribution in [0.25, 0.3) is 46.4 Å². The summed E-state index contributed by atoms with van der Waals surface area (Å²) in [6.07, 6.45) is 7.14. The Balaban J connectivity index is 1.92. The fraction of sp³-hybridized carbons (Fsp3) is 0. The Morgan fingerprint density at radius 2 is 1.25 bits per heavy atom. The van der Waals surface area contributed by atoms with Crippen molar-refractivity contribution in [3.8, 4) is 0 Å². The van der Waals surface area contributed by atoms with Crippen molar-refractivity contribution in [3.05, 3.63) is 65.2 Å². The normalized spacial score (nSPS) is 13.2. The van der Waals surface area contributed by atoms with E-state index in [2.05, 4.69) is 19.9 Å². The number of aromatic amines is 2. The van der Waals surface area contributed by atoms with E-state index in [9.17, 15) is 14.4 Å². The number of H-pyrrole nitrogens is 2. The van der Waals surface area contributed by atoms with E-state index in [1.165, 1.54) is 0 Å². The van der Waals surface area contributed by atoms with Gasteiger partial charge in [-0.25, -0.2) is 9.97 Å². The van der Waals surface area contributed by atoms with E-state index >= 15 is 0 Å². The number of nitrogens with zero attached hydrogens (tertiary/aromatic N) is 2. The zero-order valence-corrected chi connectivity index (χ0v) is 15.4. The summed E-state index contributed by atoms with van der Waals surface area (Å²) in [5, 5.41) is -0.129. The maximum atomic E-state index is 12.2. The van der Waals surface area contributed by atoms with Gasteiger partial charge in [0.2, 0.25) is 0 Å². The number of hydrogen-bond acceptors (Lipinski definition) is 3. The third-order valence-corrected chi connectivity index (χ3v) is 5.54. The predicted octanol–water partition coefficient (Wildman–Crippen LogP) is 3.46. The molecule has 7 nitrogen and oxygen atoms in total. The minimum Gasteiger partial charge on any atom is -0.355 e. The van der Waals surface area contributed by atoms with Gasteiger partial charge in [0.25, 0.3) is 0 Å². The fourth-order valence-electron chi connectivity index (χ4n) is 3.30. The molecule has 5 rings (SSSR count). The van der Waals surface area contributed by atoms with Crippen LogP contribution in [-0.4, -0.2) is 29.7 Å². The number of hydrogen-bond donors (Lipinski definition) is 4. The molecule has 0 radical (unpaired) electrons.